The molecule has 3 aromatic rings. The smallest absolute Gasteiger partial charge is 0.251 e. The van der Waals surface area contributed by atoms with Gasteiger partial charge in [-0.3, -0.25) is 9.10 Å². The van der Waals surface area contributed by atoms with Gasteiger partial charge in [-0.25, -0.2) is 8.42 Å². The molecule has 0 aliphatic heterocycles. The summed E-state index contributed by atoms with van der Waals surface area (Å²) in [5.74, 6) is 0.318. The van der Waals surface area contributed by atoms with Gasteiger partial charge in [0.05, 0.1) is 30.1 Å². The van der Waals surface area contributed by atoms with Crippen molar-refractivity contribution in [1.29, 1.82) is 0 Å². The molecule has 0 unspecified atom stereocenters. The summed E-state index contributed by atoms with van der Waals surface area (Å²) in [6.07, 6.45) is 1.17. The lowest BCUT2D eigenvalue weighted by atomic mass is 10.1. The first-order valence-electron chi connectivity index (χ1n) is 9.72. The summed E-state index contributed by atoms with van der Waals surface area (Å²) in [5, 5.41) is 3.30. The van der Waals surface area contributed by atoms with Crippen LogP contribution < -0.4 is 14.4 Å². The second kappa shape index (κ2) is 10.8. The lowest BCUT2D eigenvalue weighted by Crippen LogP contribution is -2.30. The highest BCUT2D eigenvalue weighted by molar-refractivity contribution is 9.10. The third kappa shape index (κ3) is 6.48. The molecule has 0 aromatic heterocycles. The zero-order valence-electron chi connectivity index (χ0n) is 17.3. The van der Waals surface area contributed by atoms with Crippen molar-refractivity contribution in [3.8, 4) is 5.75 Å². The number of halogens is 2. The van der Waals surface area contributed by atoms with E-state index in [2.05, 4.69) is 21.2 Å². The van der Waals surface area contributed by atoms with Crippen LogP contribution in [-0.2, 0) is 16.6 Å². The van der Waals surface area contributed by atoms with Crippen LogP contribution in [0.3, 0.4) is 0 Å². The number of hydrogen-bond acceptors (Lipinski definition) is 4. The van der Waals surface area contributed by atoms with Gasteiger partial charge in [-0.15, -0.1) is 0 Å². The van der Waals surface area contributed by atoms with Crippen molar-refractivity contribution in [2.24, 2.45) is 0 Å². The van der Waals surface area contributed by atoms with E-state index in [0.717, 1.165) is 5.56 Å². The minimum atomic E-state index is -3.51. The third-order valence-corrected chi connectivity index (χ3v) is 6.65. The van der Waals surface area contributed by atoms with Crippen LogP contribution in [0.5, 0.6) is 5.75 Å². The molecule has 0 bridgehead atoms. The Hall–Kier alpha value is -2.55. The summed E-state index contributed by atoms with van der Waals surface area (Å²) in [4.78, 5) is 12.4. The molecule has 168 valence electrons. The number of nitrogens with one attached hydrogen (secondary N) is 1. The molecule has 9 heteroatoms. The molecule has 0 fully saturated rings. The van der Waals surface area contributed by atoms with E-state index in [-0.39, 0.29) is 19.1 Å². The van der Waals surface area contributed by atoms with E-state index in [1.54, 1.807) is 54.6 Å². The lowest BCUT2D eigenvalue weighted by Gasteiger charge is -2.23. The Morgan fingerprint density at radius 2 is 1.69 bits per heavy atom. The van der Waals surface area contributed by atoms with Gasteiger partial charge >= 0.3 is 0 Å². The molecule has 0 spiro atoms. The predicted molar refractivity (Wildman–Crippen MR) is 131 cm³/mol. The molecule has 32 heavy (non-hydrogen) atoms. The average molecular weight is 538 g/mol. The molecule has 6 nitrogen and oxygen atoms in total. The zero-order valence-corrected chi connectivity index (χ0v) is 20.5. The Balaban J connectivity index is 1.59. The van der Waals surface area contributed by atoms with E-state index < -0.39 is 10.0 Å². The Morgan fingerprint density at radius 3 is 2.34 bits per heavy atom. The van der Waals surface area contributed by atoms with E-state index in [0.29, 0.717) is 33.0 Å². The number of nitrogens with zero attached hydrogens (tertiary/aromatic N) is 1. The van der Waals surface area contributed by atoms with Gasteiger partial charge in [0.1, 0.15) is 12.4 Å². The molecule has 0 saturated carbocycles. The number of anilines is 1. The molecular formula is C23H22BrClN2O4S. The van der Waals surface area contributed by atoms with Gasteiger partial charge in [-0.1, -0.05) is 48.0 Å². The SMILES string of the molecule is CS(=O)(=O)N(Cc1ccc(C(=O)NCCOc2ccccc2Cl)cc1)c1ccccc1Br. The number of ether oxygens (including phenoxy) is 1. The fraction of sp³-hybridized carbons (Fsp3) is 0.174. The van der Waals surface area contributed by atoms with Crippen LogP contribution in [0.4, 0.5) is 5.69 Å². The topological polar surface area (TPSA) is 75.7 Å². The van der Waals surface area contributed by atoms with Crippen molar-refractivity contribution < 1.29 is 17.9 Å². The Morgan fingerprint density at radius 1 is 1.03 bits per heavy atom. The highest BCUT2D eigenvalue weighted by Gasteiger charge is 2.20. The summed E-state index contributed by atoms with van der Waals surface area (Å²) in [5.41, 5.74) is 1.78. The highest BCUT2D eigenvalue weighted by atomic mass is 79.9. The van der Waals surface area contributed by atoms with Crippen molar-refractivity contribution in [1.82, 2.24) is 5.32 Å². The van der Waals surface area contributed by atoms with Crippen molar-refractivity contribution in [2.75, 3.05) is 23.7 Å². The first-order valence-corrected chi connectivity index (χ1v) is 12.7. The Bertz CT molecular complexity index is 1190. The molecule has 1 amide bonds. The monoisotopic (exact) mass is 536 g/mol. The number of amides is 1. The summed E-state index contributed by atoms with van der Waals surface area (Å²) < 4.78 is 32.3. The maximum Gasteiger partial charge on any atom is 0.251 e. The Kier molecular flexibility index (Phi) is 8.17. The number of carbonyl (C=O) groups excluding carboxylic acids is 1. The minimum absolute atomic E-state index is 0.148. The number of benzene rings is 3. The zero-order chi connectivity index (χ0) is 23.1. The van der Waals surface area contributed by atoms with Crippen LogP contribution in [0.15, 0.2) is 77.3 Å². The van der Waals surface area contributed by atoms with Gasteiger partial charge in [0.25, 0.3) is 5.91 Å². The standard InChI is InChI=1S/C23H22BrClN2O4S/c1-32(29,30)27(21-8-4-2-6-19(21)24)16-17-10-12-18(13-11-17)23(28)26-14-15-31-22-9-5-3-7-20(22)25/h2-13H,14-16H2,1H3,(H,26,28). The maximum absolute atomic E-state index is 12.4. The van der Waals surface area contributed by atoms with Crippen molar-refractivity contribution in [3.63, 3.8) is 0 Å². The quantitative estimate of drug-likeness (QED) is 0.395. The molecule has 1 N–H and O–H groups in total. The normalized spacial score (nSPS) is 11.1. The number of carbonyl (C=O) groups is 1. The van der Waals surface area contributed by atoms with E-state index >= 15 is 0 Å². The number of sulfonamides is 1. The van der Waals surface area contributed by atoms with E-state index in [9.17, 15) is 13.2 Å². The molecule has 0 aliphatic rings. The molecule has 0 radical (unpaired) electrons. The van der Waals surface area contributed by atoms with Gasteiger partial charge in [-0.2, -0.15) is 0 Å². The lowest BCUT2D eigenvalue weighted by molar-refractivity contribution is 0.0947. The molecule has 0 saturated heterocycles. The molecule has 0 atom stereocenters. The fourth-order valence-electron chi connectivity index (χ4n) is 2.95. The van der Waals surface area contributed by atoms with Crippen molar-refractivity contribution >= 4 is 49.1 Å². The average Bonchev–Trinajstić information content (AvgIpc) is 2.76. The molecular weight excluding hydrogens is 516 g/mol. The number of hydrogen-bond donors (Lipinski definition) is 1. The largest absolute Gasteiger partial charge is 0.490 e. The van der Waals surface area contributed by atoms with Crippen LogP contribution in [0.25, 0.3) is 0 Å². The van der Waals surface area contributed by atoms with E-state index in [4.69, 9.17) is 16.3 Å². The molecule has 0 heterocycles. The summed E-state index contributed by atoms with van der Waals surface area (Å²) in [6.45, 7) is 0.744. The number of para-hydroxylation sites is 2. The summed E-state index contributed by atoms with van der Waals surface area (Å²) in [7, 11) is -3.51. The van der Waals surface area contributed by atoms with Crippen LogP contribution in [-0.4, -0.2) is 33.7 Å². The van der Waals surface area contributed by atoms with Gasteiger partial charge in [0.2, 0.25) is 10.0 Å². The van der Waals surface area contributed by atoms with Gasteiger partial charge in [0.15, 0.2) is 0 Å². The molecule has 3 aromatic carbocycles. The second-order valence-electron chi connectivity index (χ2n) is 6.95. The van der Waals surface area contributed by atoms with E-state index in [1.165, 1.54) is 10.6 Å². The molecule has 0 aliphatic carbocycles. The number of rotatable bonds is 9. The van der Waals surface area contributed by atoms with Gasteiger partial charge in [0, 0.05) is 10.0 Å². The first-order chi connectivity index (χ1) is 15.3. The summed E-state index contributed by atoms with van der Waals surface area (Å²) >= 11 is 9.44. The van der Waals surface area contributed by atoms with Crippen molar-refractivity contribution in [3.05, 3.63) is 93.4 Å². The van der Waals surface area contributed by atoms with Gasteiger partial charge < -0.3 is 10.1 Å². The van der Waals surface area contributed by atoms with Crippen LogP contribution in [0.2, 0.25) is 5.02 Å². The van der Waals surface area contributed by atoms with Crippen LogP contribution in [0.1, 0.15) is 15.9 Å². The fourth-order valence-corrected chi connectivity index (χ4v) is 4.66. The minimum Gasteiger partial charge on any atom is -0.490 e. The van der Waals surface area contributed by atoms with Gasteiger partial charge in [-0.05, 0) is 57.9 Å². The molecule has 3 rings (SSSR count). The van der Waals surface area contributed by atoms with E-state index in [1.807, 2.05) is 18.2 Å². The third-order valence-electron chi connectivity index (χ3n) is 4.55. The summed E-state index contributed by atoms with van der Waals surface area (Å²) in [6, 6.07) is 21.1. The first kappa shape index (κ1) is 24.1. The predicted octanol–water partition coefficient (Wildman–Crippen LogP) is 4.88. The maximum atomic E-state index is 12.4. The second-order valence-corrected chi connectivity index (χ2v) is 10.1. The van der Waals surface area contributed by atoms with Crippen LogP contribution in [0, 0.1) is 0 Å². The van der Waals surface area contributed by atoms with Crippen molar-refractivity contribution in [2.45, 2.75) is 6.54 Å². The Labute approximate surface area is 201 Å². The van der Waals surface area contributed by atoms with Crippen LogP contribution >= 0.6 is 27.5 Å². The highest BCUT2D eigenvalue weighted by Crippen LogP contribution is 2.29.